The summed E-state index contributed by atoms with van der Waals surface area (Å²) in [6, 6.07) is 8.51. The Bertz CT molecular complexity index is 524. The maximum absolute atomic E-state index is 11.9. The van der Waals surface area contributed by atoms with Crippen LogP contribution in [0.15, 0.2) is 24.3 Å². The van der Waals surface area contributed by atoms with Gasteiger partial charge >= 0.3 is 5.97 Å². The number of benzene rings is 1. The molecule has 1 aromatic carbocycles. The number of hydrogen-bond acceptors (Lipinski definition) is 1. The predicted octanol–water partition coefficient (Wildman–Crippen LogP) is 4.63. The van der Waals surface area contributed by atoms with E-state index in [-0.39, 0.29) is 0 Å². The summed E-state index contributed by atoms with van der Waals surface area (Å²) in [7, 11) is 0. The van der Waals surface area contributed by atoms with Crippen molar-refractivity contribution in [2.45, 2.75) is 58.3 Å². The highest BCUT2D eigenvalue weighted by molar-refractivity contribution is 5.75. The first-order valence-electron chi connectivity index (χ1n) is 8.33. The minimum absolute atomic E-state index is 0.466. The number of hydrogen-bond donors (Lipinski definition) is 1. The van der Waals surface area contributed by atoms with Crippen LogP contribution in [-0.4, -0.2) is 11.1 Å². The fourth-order valence-electron chi connectivity index (χ4n) is 4.38. The van der Waals surface area contributed by atoms with Gasteiger partial charge in [-0.05, 0) is 67.4 Å². The molecule has 2 heteroatoms. The summed E-state index contributed by atoms with van der Waals surface area (Å²) in [6.45, 7) is 4.53. The van der Waals surface area contributed by atoms with Gasteiger partial charge in [-0.2, -0.15) is 0 Å². The molecule has 0 radical (unpaired) electrons. The second-order valence-electron chi connectivity index (χ2n) is 7.47. The Hall–Kier alpha value is -1.31. The molecule has 0 bridgehead atoms. The van der Waals surface area contributed by atoms with Crippen molar-refractivity contribution in [3.8, 4) is 0 Å². The average Bonchev–Trinajstić information content (AvgIpc) is 2.45. The summed E-state index contributed by atoms with van der Waals surface area (Å²) >= 11 is 0. The monoisotopic (exact) mass is 286 g/mol. The van der Waals surface area contributed by atoms with Crippen molar-refractivity contribution in [1.82, 2.24) is 0 Å². The lowest BCUT2D eigenvalue weighted by Gasteiger charge is -2.42. The normalized spacial score (nSPS) is 31.6. The Kier molecular flexibility index (Phi) is 3.81. The van der Waals surface area contributed by atoms with Gasteiger partial charge in [0.1, 0.15) is 0 Å². The molecule has 2 nitrogen and oxygen atoms in total. The van der Waals surface area contributed by atoms with Gasteiger partial charge in [-0.1, -0.05) is 38.1 Å². The summed E-state index contributed by atoms with van der Waals surface area (Å²) in [5, 5.41) is 9.83. The topological polar surface area (TPSA) is 37.3 Å². The van der Waals surface area contributed by atoms with E-state index in [1.54, 1.807) is 0 Å². The molecule has 2 aliphatic carbocycles. The van der Waals surface area contributed by atoms with Crippen molar-refractivity contribution in [3.63, 3.8) is 0 Å². The molecule has 0 aromatic heterocycles. The Morgan fingerprint density at radius 2 is 1.95 bits per heavy atom. The lowest BCUT2D eigenvalue weighted by atomic mass is 9.61. The van der Waals surface area contributed by atoms with E-state index in [2.05, 4.69) is 38.1 Å². The van der Waals surface area contributed by atoms with E-state index in [1.807, 2.05) is 0 Å². The molecule has 1 unspecified atom stereocenters. The number of fused-ring (bicyclic) bond motifs is 1. The molecule has 0 heterocycles. The number of carboxylic acids is 1. The highest BCUT2D eigenvalue weighted by atomic mass is 16.4. The molecular formula is C19H26O2. The van der Waals surface area contributed by atoms with Gasteiger partial charge in [-0.15, -0.1) is 0 Å². The molecular weight excluding hydrogens is 260 g/mol. The van der Waals surface area contributed by atoms with Crippen molar-refractivity contribution in [1.29, 1.82) is 0 Å². The second kappa shape index (κ2) is 5.47. The van der Waals surface area contributed by atoms with Crippen LogP contribution in [0, 0.1) is 17.3 Å². The summed E-state index contributed by atoms with van der Waals surface area (Å²) in [4.78, 5) is 11.9. The van der Waals surface area contributed by atoms with Crippen molar-refractivity contribution in [2.24, 2.45) is 17.3 Å². The molecule has 3 rings (SSSR count). The van der Waals surface area contributed by atoms with Crippen LogP contribution in [0.25, 0.3) is 0 Å². The quantitative estimate of drug-likeness (QED) is 0.876. The third-order valence-electron chi connectivity index (χ3n) is 5.98. The first-order valence-corrected chi connectivity index (χ1v) is 8.33. The van der Waals surface area contributed by atoms with Crippen LogP contribution < -0.4 is 0 Å². The zero-order chi connectivity index (χ0) is 15.0. The van der Waals surface area contributed by atoms with Crippen LogP contribution in [0.4, 0.5) is 0 Å². The molecule has 0 spiro atoms. The first kappa shape index (κ1) is 14.6. The van der Waals surface area contributed by atoms with Gasteiger partial charge in [0.05, 0.1) is 5.41 Å². The lowest BCUT2D eigenvalue weighted by Crippen LogP contribution is -2.39. The largest absolute Gasteiger partial charge is 0.481 e. The number of carboxylic acid groups (broad SMARTS) is 1. The minimum atomic E-state index is -0.561. The number of rotatable bonds is 4. The standard InChI is InChI=1S/C19H26O2/c1-13(2)14-7-9-19(10-8-14,18(20)21)12-16-11-15-5-3-4-6-17(15)16/h3-6,13-14,16H,7-12H2,1-2H3,(H,20,21). The maximum atomic E-state index is 11.9. The van der Waals surface area contributed by atoms with E-state index in [4.69, 9.17) is 0 Å². The average molecular weight is 286 g/mol. The van der Waals surface area contributed by atoms with Crippen molar-refractivity contribution in [2.75, 3.05) is 0 Å². The molecule has 1 fully saturated rings. The third-order valence-corrected chi connectivity index (χ3v) is 5.98. The Morgan fingerprint density at radius 1 is 1.29 bits per heavy atom. The van der Waals surface area contributed by atoms with E-state index in [1.165, 1.54) is 11.1 Å². The molecule has 0 saturated heterocycles. The fourth-order valence-corrected chi connectivity index (χ4v) is 4.38. The molecule has 1 aromatic rings. The van der Waals surface area contributed by atoms with Gasteiger partial charge in [0.15, 0.2) is 0 Å². The van der Waals surface area contributed by atoms with Crippen LogP contribution in [0.5, 0.6) is 0 Å². The summed E-state index contributed by atoms with van der Waals surface area (Å²) in [5.74, 6) is 1.30. The van der Waals surface area contributed by atoms with Crippen LogP contribution in [0.3, 0.4) is 0 Å². The van der Waals surface area contributed by atoms with Gasteiger partial charge in [0.25, 0.3) is 0 Å². The van der Waals surface area contributed by atoms with Gasteiger partial charge in [0.2, 0.25) is 0 Å². The van der Waals surface area contributed by atoms with E-state index in [0.29, 0.717) is 17.8 Å². The summed E-state index contributed by atoms with van der Waals surface area (Å²) < 4.78 is 0. The fraction of sp³-hybridized carbons (Fsp3) is 0.632. The minimum Gasteiger partial charge on any atom is -0.481 e. The Balaban J connectivity index is 1.71. The highest BCUT2D eigenvalue weighted by Gasteiger charge is 2.45. The summed E-state index contributed by atoms with van der Waals surface area (Å²) in [5.41, 5.74) is 2.34. The van der Waals surface area contributed by atoms with Gasteiger partial charge < -0.3 is 5.11 Å². The summed E-state index contributed by atoms with van der Waals surface area (Å²) in [6.07, 6.45) is 5.80. The van der Waals surface area contributed by atoms with E-state index in [0.717, 1.165) is 38.5 Å². The van der Waals surface area contributed by atoms with Crippen LogP contribution in [0.2, 0.25) is 0 Å². The molecule has 21 heavy (non-hydrogen) atoms. The molecule has 114 valence electrons. The lowest BCUT2D eigenvalue weighted by molar-refractivity contribution is -0.153. The van der Waals surface area contributed by atoms with Crippen molar-refractivity contribution in [3.05, 3.63) is 35.4 Å². The van der Waals surface area contributed by atoms with Crippen LogP contribution in [-0.2, 0) is 11.2 Å². The van der Waals surface area contributed by atoms with E-state index in [9.17, 15) is 9.90 Å². The van der Waals surface area contributed by atoms with Gasteiger partial charge in [-0.3, -0.25) is 4.79 Å². The second-order valence-corrected chi connectivity index (χ2v) is 7.47. The van der Waals surface area contributed by atoms with E-state index >= 15 is 0 Å². The van der Waals surface area contributed by atoms with Crippen LogP contribution in [0.1, 0.15) is 63.0 Å². The molecule has 1 saturated carbocycles. The Labute approximate surface area is 127 Å². The molecule has 1 atom stereocenters. The molecule has 0 amide bonds. The number of carbonyl (C=O) groups is 1. The van der Waals surface area contributed by atoms with Crippen molar-refractivity contribution < 1.29 is 9.90 Å². The third kappa shape index (κ3) is 2.61. The van der Waals surface area contributed by atoms with Crippen LogP contribution >= 0.6 is 0 Å². The number of aliphatic carboxylic acids is 1. The smallest absolute Gasteiger partial charge is 0.309 e. The van der Waals surface area contributed by atoms with Crippen molar-refractivity contribution >= 4 is 5.97 Å². The van der Waals surface area contributed by atoms with E-state index < -0.39 is 11.4 Å². The first-order chi connectivity index (χ1) is 10.0. The predicted molar refractivity (Wildman–Crippen MR) is 84.4 cm³/mol. The SMILES string of the molecule is CC(C)C1CCC(CC2Cc3ccccc32)(C(=O)O)CC1. The Morgan fingerprint density at radius 3 is 2.52 bits per heavy atom. The molecule has 1 N–H and O–H groups in total. The molecule has 0 aliphatic heterocycles. The maximum Gasteiger partial charge on any atom is 0.309 e. The van der Waals surface area contributed by atoms with Gasteiger partial charge in [0, 0.05) is 0 Å². The highest BCUT2D eigenvalue weighted by Crippen LogP contribution is 2.50. The zero-order valence-corrected chi connectivity index (χ0v) is 13.1. The zero-order valence-electron chi connectivity index (χ0n) is 13.1. The molecule has 2 aliphatic rings. The van der Waals surface area contributed by atoms with Gasteiger partial charge in [-0.25, -0.2) is 0 Å².